The maximum absolute atomic E-state index is 9.97. The van der Waals surface area contributed by atoms with Gasteiger partial charge in [0.2, 0.25) is 0 Å². The summed E-state index contributed by atoms with van der Waals surface area (Å²) in [5.74, 6) is 0.258. The van der Waals surface area contributed by atoms with Gasteiger partial charge in [0.05, 0.1) is 6.61 Å². The van der Waals surface area contributed by atoms with Crippen LogP contribution in [-0.2, 0) is 17.8 Å². The lowest BCUT2D eigenvalue weighted by atomic mass is 9.97. The zero-order valence-corrected chi connectivity index (χ0v) is 9.50. The summed E-state index contributed by atoms with van der Waals surface area (Å²) in [5, 5.41) is 18.8. The highest BCUT2D eigenvalue weighted by Crippen LogP contribution is 2.29. The standard InChI is InChI=1S/C12H18O3/c1-8-6-10(4-5-13)12(14)11(7-15-3)9(8)2/h6,13-14H,4-5,7H2,1-3H3. The molecule has 0 fully saturated rings. The molecule has 0 aromatic heterocycles. The fraction of sp³-hybridized carbons (Fsp3) is 0.500. The van der Waals surface area contributed by atoms with E-state index in [0.717, 1.165) is 22.3 Å². The smallest absolute Gasteiger partial charge is 0.124 e. The largest absolute Gasteiger partial charge is 0.507 e. The first-order chi connectivity index (χ1) is 7.11. The molecule has 3 heteroatoms. The third kappa shape index (κ3) is 2.49. The first-order valence-electron chi connectivity index (χ1n) is 5.02. The van der Waals surface area contributed by atoms with Gasteiger partial charge in [-0.15, -0.1) is 0 Å². The van der Waals surface area contributed by atoms with Crippen LogP contribution in [0.5, 0.6) is 5.75 Å². The molecule has 0 atom stereocenters. The van der Waals surface area contributed by atoms with Gasteiger partial charge in [0.1, 0.15) is 5.75 Å². The van der Waals surface area contributed by atoms with Crippen LogP contribution < -0.4 is 0 Å². The van der Waals surface area contributed by atoms with E-state index < -0.39 is 0 Å². The summed E-state index contributed by atoms with van der Waals surface area (Å²) >= 11 is 0. The minimum absolute atomic E-state index is 0.0441. The molecule has 0 aliphatic carbocycles. The molecule has 2 N–H and O–H groups in total. The van der Waals surface area contributed by atoms with Crippen LogP contribution in [0.3, 0.4) is 0 Å². The first-order valence-corrected chi connectivity index (χ1v) is 5.02. The van der Waals surface area contributed by atoms with Crippen molar-refractivity contribution in [1.82, 2.24) is 0 Å². The van der Waals surface area contributed by atoms with Crippen molar-refractivity contribution in [3.8, 4) is 5.75 Å². The molecule has 1 aromatic carbocycles. The van der Waals surface area contributed by atoms with Crippen molar-refractivity contribution in [2.24, 2.45) is 0 Å². The Hall–Kier alpha value is -1.06. The van der Waals surface area contributed by atoms with E-state index in [-0.39, 0.29) is 12.4 Å². The Bertz CT molecular complexity index is 345. The molecule has 84 valence electrons. The van der Waals surface area contributed by atoms with Gasteiger partial charge in [-0.3, -0.25) is 0 Å². The topological polar surface area (TPSA) is 49.7 Å². The third-order valence-electron chi connectivity index (χ3n) is 2.69. The van der Waals surface area contributed by atoms with Crippen molar-refractivity contribution in [2.75, 3.05) is 13.7 Å². The molecule has 3 nitrogen and oxygen atoms in total. The van der Waals surface area contributed by atoms with Gasteiger partial charge in [0, 0.05) is 19.3 Å². The van der Waals surface area contributed by atoms with Gasteiger partial charge in [-0.1, -0.05) is 6.07 Å². The van der Waals surface area contributed by atoms with E-state index in [1.165, 1.54) is 0 Å². The van der Waals surface area contributed by atoms with Crippen LogP contribution in [0, 0.1) is 13.8 Å². The fourth-order valence-electron chi connectivity index (χ4n) is 1.68. The van der Waals surface area contributed by atoms with E-state index in [1.807, 2.05) is 19.9 Å². The number of ether oxygens (including phenoxy) is 1. The SMILES string of the molecule is COCc1c(C)c(C)cc(CCO)c1O. The number of aliphatic hydroxyl groups excluding tert-OH is 1. The molecule has 0 aliphatic heterocycles. The molecule has 0 saturated heterocycles. The van der Waals surface area contributed by atoms with Crippen LogP contribution in [-0.4, -0.2) is 23.9 Å². The lowest BCUT2D eigenvalue weighted by Crippen LogP contribution is -2.01. The minimum Gasteiger partial charge on any atom is -0.507 e. The monoisotopic (exact) mass is 210 g/mol. The first kappa shape index (κ1) is 12.0. The number of benzene rings is 1. The van der Waals surface area contributed by atoms with Gasteiger partial charge in [-0.05, 0) is 37.0 Å². The number of aryl methyl sites for hydroxylation is 1. The second-order valence-corrected chi connectivity index (χ2v) is 3.71. The summed E-state index contributed by atoms with van der Waals surface area (Å²) < 4.78 is 5.06. The zero-order chi connectivity index (χ0) is 11.4. The van der Waals surface area contributed by atoms with Crippen LogP contribution in [0.25, 0.3) is 0 Å². The fourth-order valence-corrected chi connectivity index (χ4v) is 1.68. The van der Waals surface area contributed by atoms with Crippen LogP contribution in [0.1, 0.15) is 22.3 Å². The van der Waals surface area contributed by atoms with Gasteiger partial charge in [-0.25, -0.2) is 0 Å². The number of rotatable bonds is 4. The molecule has 0 spiro atoms. The Balaban J connectivity index is 3.22. The summed E-state index contributed by atoms with van der Waals surface area (Å²) in [4.78, 5) is 0. The normalized spacial score (nSPS) is 10.7. The quantitative estimate of drug-likeness (QED) is 0.795. The van der Waals surface area contributed by atoms with E-state index in [0.29, 0.717) is 13.0 Å². The number of aliphatic hydroxyl groups is 1. The average molecular weight is 210 g/mol. The number of hydrogen-bond donors (Lipinski definition) is 2. The number of aromatic hydroxyl groups is 1. The maximum atomic E-state index is 9.97. The second-order valence-electron chi connectivity index (χ2n) is 3.71. The van der Waals surface area contributed by atoms with Gasteiger partial charge in [0.15, 0.2) is 0 Å². The van der Waals surface area contributed by atoms with Gasteiger partial charge < -0.3 is 14.9 Å². The van der Waals surface area contributed by atoms with Crippen molar-refractivity contribution < 1.29 is 14.9 Å². The number of methoxy groups -OCH3 is 1. The molecule has 0 radical (unpaired) electrons. The summed E-state index contributed by atoms with van der Waals surface area (Å²) in [6.07, 6.45) is 0.476. The average Bonchev–Trinajstić information content (AvgIpc) is 2.21. The Kier molecular flexibility index (Phi) is 4.12. The minimum atomic E-state index is 0.0441. The zero-order valence-electron chi connectivity index (χ0n) is 9.50. The van der Waals surface area contributed by atoms with Crippen molar-refractivity contribution in [3.05, 3.63) is 28.3 Å². The molecule has 0 bridgehead atoms. The summed E-state index contributed by atoms with van der Waals surface area (Å²) in [5.41, 5.74) is 3.77. The molecule has 0 saturated carbocycles. The molecule has 0 unspecified atom stereocenters. The summed E-state index contributed by atoms with van der Waals surface area (Å²) in [7, 11) is 1.60. The number of phenols is 1. The molecule has 1 aromatic rings. The van der Waals surface area contributed by atoms with Crippen LogP contribution in [0.2, 0.25) is 0 Å². The Morgan fingerprint density at radius 2 is 2.00 bits per heavy atom. The number of hydrogen-bond acceptors (Lipinski definition) is 3. The number of phenolic OH excluding ortho intramolecular Hbond substituents is 1. The highest BCUT2D eigenvalue weighted by atomic mass is 16.5. The molecule has 0 aliphatic rings. The van der Waals surface area contributed by atoms with Crippen LogP contribution in [0.15, 0.2) is 6.07 Å². The lowest BCUT2D eigenvalue weighted by molar-refractivity contribution is 0.181. The molecule has 0 heterocycles. The molecular weight excluding hydrogens is 192 g/mol. The molecule has 0 amide bonds. The Morgan fingerprint density at radius 3 is 2.53 bits per heavy atom. The highest BCUT2D eigenvalue weighted by Gasteiger charge is 2.12. The molecule has 15 heavy (non-hydrogen) atoms. The molecule has 1 rings (SSSR count). The van der Waals surface area contributed by atoms with E-state index in [2.05, 4.69) is 0 Å². The van der Waals surface area contributed by atoms with E-state index in [4.69, 9.17) is 9.84 Å². The predicted octanol–water partition coefficient (Wildman–Crippen LogP) is 1.69. The van der Waals surface area contributed by atoms with Crippen molar-refractivity contribution in [3.63, 3.8) is 0 Å². The summed E-state index contributed by atoms with van der Waals surface area (Å²) in [6, 6.07) is 1.92. The van der Waals surface area contributed by atoms with Crippen molar-refractivity contribution in [2.45, 2.75) is 26.9 Å². The van der Waals surface area contributed by atoms with Crippen molar-refractivity contribution >= 4 is 0 Å². The van der Waals surface area contributed by atoms with Crippen LogP contribution >= 0.6 is 0 Å². The van der Waals surface area contributed by atoms with Gasteiger partial charge >= 0.3 is 0 Å². The maximum Gasteiger partial charge on any atom is 0.124 e. The predicted molar refractivity (Wildman–Crippen MR) is 59.1 cm³/mol. The third-order valence-corrected chi connectivity index (χ3v) is 2.69. The van der Waals surface area contributed by atoms with Gasteiger partial charge in [0.25, 0.3) is 0 Å². The van der Waals surface area contributed by atoms with E-state index in [9.17, 15) is 5.11 Å². The Morgan fingerprint density at radius 1 is 1.33 bits per heavy atom. The van der Waals surface area contributed by atoms with Gasteiger partial charge in [-0.2, -0.15) is 0 Å². The lowest BCUT2D eigenvalue weighted by Gasteiger charge is -2.14. The highest BCUT2D eigenvalue weighted by molar-refractivity contribution is 5.48. The Labute approximate surface area is 90.3 Å². The van der Waals surface area contributed by atoms with E-state index >= 15 is 0 Å². The van der Waals surface area contributed by atoms with Crippen molar-refractivity contribution in [1.29, 1.82) is 0 Å². The molecular formula is C12H18O3. The van der Waals surface area contributed by atoms with E-state index in [1.54, 1.807) is 7.11 Å². The second kappa shape index (κ2) is 5.14. The van der Waals surface area contributed by atoms with Crippen LogP contribution in [0.4, 0.5) is 0 Å². The summed E-state index contributed by atoms with van der Waals surface area (Å²) in [6.45, 7) is 4.40.